The Morgan fingerprint density at radius 3 is 0.535 bits per heavy atom. The molecule has 0 aliphatic rings. The second-order valence-corrected chi connectivity index (χ2v) is 27.0. The second kappa shape index (κ2) is 67.3. The molecule has 0 aliphatic heterocycles. The van der Waals surface area contributed by atoms with Gasteiger partial charge >= 0.3 is 0 Å². The van der Waals surface area contributed by atoms with Crippen LogP contribution in [0.4, 0.5) is 0 Å². The topological polar surface area (TPSA) is 62.9 Å². The number of unbranched alkanes of at least 4 members (excludes halogenated alkanes) is 56. The lowest BCUT2D eigenvalue weighted by atomic mass is 9.99. The van der Waals surface area contributed by atoms with Crippen molar-refractivity contribution in [3.05, 3.63) is 59.7 Å². The lowest BCUT2D eigenvalue weighted by molar-refractivity contribution is 0.125. The van der Waals surface area contributed by atoms with E-state index in [2.05, 4.69) is 62.4 Å². The van der Waals surface area contributed by atoms with Crippen LogP contribution in [0.25, 0.3) is 0 Å². The zero-order valence-electron chi connectivity index (χ0n) is 58.1. The Morgan fingerprint density at radius 1 is 0.209 bits per heavy atom. The third-order valence-corrected chi connectivity index (χ3v) is 18.7. The Labute approximate surface area is 537 Å². The van der Waals surface area contributed by atoms with Crippen molar-refractivity contribution >= 4 is 0 Å². The molecular formula is C81H149NO4. The molecule has 0 spiro atoms. The molecule has 2 N–H and O–H groups in total. The highest BCUT2D eigenvalue weighted by Gasteiger charge is 2.10. The van der Waals surface area contributed by atoms with Gasteiger partial charge < -0.3 is 24.7 Å². The van der Waals surface area contributed by atoms with Gasteiger partial charge in [0.05, 0.1) is 19.3 Å². The van der Waals surface area contributed by atoms with Crippen molar-refractivity contribution < 1.29 is 18.9 Å². The predicted molar refractivity (Wildman–Crippen MR) is 380 cm³/mol. The molecule has 5 heteroatoms. The molecule has 86 heavy (non-hydrogen) atoms. The van der Waals surface area contributed by atoms with E-state index in [-0.39, 0.29) is 6.04 Å². The molecule has 0 aliphatic carbocycles. The molecule has 0 radical (unpaired) electrons. The van der Waals surface area contributed by atoms with Crippen LogP contribution in [0.3, 0.4) is 0 Å². The first-order chi connectivity index (χ1) is 42.7. The molecule has 0 heterocycles. The molecule has 2 aromatic rings. The van der Waals surface area contributed by atoms with Gasteiger partial charge in [-0.1, -0.05) is 385 Å². The standard InChI is InChI=1S/C81H149NO4/c1-3-5-7-9-11-13-15-17-19-21-23-25-27-29-31-33-39-45-51-57-71-83-73-59-53-47-41-35-37-43-49-55-61-75-85-79-67-63-77(64-68-79)81(82)78-65-69-80(70-66-78)86-76-62-56-50-44-38-36-42-48-54-60-74-84-72-58-52-46-40-34-32-30-28-26-24-22-20-18-16-14-12-10-8-6-4-2/h63-70,81H,3-62,71-76,82H2,1-2H3. The molecule has 5 nitrogen and oxygen atoms in total. The zero-order chi connectivity index (χ0) is 61.0. The number of rotatable bonds is 72. The van der Waals surface area contributed by atoms with Crippen LogP contribution in [0, 0.1) is 0 Å². The van der Waals surface area contributed by atoms with E-state index < -0.39 is 0 Å². The average Bonchev–Trinajstić information content (AvgIpc) is 3.73. The van der Waals surface area contributed by atoms with E-state index in [0.717, 1.165) is 75.1 Å². The van der Waals surface area contributed by atoms with Crippen molar-refractivity contribution in [1.29, 1.82) is 0 Å². The SMILES string of the molecule is CCCCCCCCCCCCCCCCCCCCCCOCCCCCCCCCCCCOc1ccc(C(N)c2ccc(OCCCCCCCCCCCCOCCCCCCCCCCCCCCCCCCCCCC)cc2)cc1. The van der Waals surface area contributed by atoms with Crippen LogP contribution in [0.1, 0.15) is 416 Å². The predicted octanol–water partition coefficient (Wildman–Crippen LogP) is 27.0. The summed E-state index contributed by atoms with van der Waals surface area (Å²) in [5.74, 6) is 1.87. The smallest absolute Gasteiger partial charge is 0.119 e. The Balaban J connectivity index is 1.25. The van der Waals surface area contributed by atoms with Crippen LogP contribution < -0.4 is 15.2 Å². The molecule has 0 saturated heterocycles. The molecule has 2 aromatic carbocycles. The highest BCUT2D eigenvalue weighted by atomic mass is 16.5. The maximum Gasteiger partial charge on any atom is 0.119 e. The molecule has 0 saturated carbocycles. The minimum atomic E-state index is -0.165. The Morgan fingerprint density at radius 2 is 0.360 bits per heavy atom. The van der Waals surface area contributed by atoms with Crippen LogP contribution in [-0.2, 0) is 9.47 Å². The number of nitrogens with two attached hydrogens (primary N) is 1. The Hall–Kier alpha value is -2.08. The largest absolute Gasteiger partial charge is 0.494 e. The summed E-state index contributed by atoms with van der Waals surface area (Å²) in [4.78, 5) is 0. The first-order valence-corrected chi connectivity index (χ1v) is 39.1. The van der Waals surface area contributed by atoms with E-state index in [1.807, 2.05) is 0 Å². The summed E-state index contributed by atoms with van der Waals surface area (Å²) in [7, 11) is 0. The van der Waals surface area contributed by atoms with E-state index in [1.165, 1.54) is 372 Å². The van der Waals surface area contributed by atoms with E-state index >= 15 is 0 Å². The van der Waals surface area contributed by atoms with Gasteiger partial charge in [-0.15, -0.1) is 0 Å². The molecule has 0 amide bonds. The van der Waals surface area contributed by atoms with Gasteiger partial charge in [0.2, 0.25) is 0 Å². The van der Waals surface area contributed by atoms with Crippen molar-refractivity contribution in [1.82, 2.24) is 0 Å². The zero-order valence-corrected chi connectivity index (χ0v) is 58.1. The third-order valence-electron chi connectivity index (χ3n) is 18.7. The Bertz CT molecular complexity index is 1450. The van der Waals surface area contributed by atoms with Gasteiger partial charge in [0, 0.05) is 26.4 Å². The number of hydrogen-bond acceptors (Lipinski definition) is 5. The summed E-state index contributed by atoms with van der Waals surface area (Å²) in [6.07, 6.45) is 83.5. The fraction of sp³-hybridized carbons (Fsp3) is 0.852. The van der Waals surface area contributed by atoms with Gasteiger partial charge in [-0.25, -0.2) is 0 Å². The van der Waals surface area contributed by atoms with Crippen LogP contribution in [0.5, 0.6) is 11.5 Å². The van der Waals surface area contributed by atoms with Crippen LogP contribution in [-0.4, -0.2) is 39.6 Å². The monoisotopic (exact) mass is 1200 g/mol. The lowest BCUT2D eigenvalue weighted by Gasteiger charge is -2.14. The van der Waals surface area contributed by atoms with E-state index in [4.69, 9.17) is 24.7 Å². The first kappa shape index (κ1) is 80.0. The molecular weight excluding hydrogens is 1050 g/mol. The van der Waals surface area contributed by atoms with Gasteiger partial charge in [0.1, 0.15) is 11.5 Å². The molecule has 2 rings (SSSR count). The second-order valence-electron chi connectivity index (χ2n) is 27.0. The van der Waals surface area contributed by atoms with E-state index in [1.54, 1.807) is 0 Å². The number of ether oxygens (including phenoxy) is 4. The van der Waals surface area contributed by atoms with Gasteiger partial charge in [-0.05, 0) is 73.9 Å². The third kappa shape index (κ3) is 55.9. The number of benzene rings is 2. The lowest BCUT2D eigenvalue weighted by Crippen LogP contribution is -2.11. The summed E-state index contributed by atoms with van der Waals surface area (Å²) in [6.45, 7) is 10.0. The quantitative estimate of drug-likeness (QED) is 0.0669. The average molecular weight is 1200 g/mol. The van der Waals surface area contributed by atoms with Crippen LogP contribution in [0.2, 0.25) is 0 Å². The fourth-order valence-corrected chi connectivity index (χ4v) is 12.7. The Kier molecular flexibility index (Phi) is 62.6. The van der Waals surface area contributed by atoms with Crippen LogP contribution in [0.15, 0.2) is 48.5 Å². The summed E-state index contributed by atoms with van der Waals surface area (Å²) in [5.41, 5.74) is 8.90. The van der Waals surface area contributed by atoms with Gasteiger partial charge in [0.25, 0.3) is 0 Å². The van der Waals surface area contributed by atoms with Crippen molar-refractivity contribution in [2.24, 2.45) is 5.73 Å². The van der Waals surface area contributed by atoms with Crippen molar-refractivity contribution in [3.8, 4) is 11.5 Å². The fourth-order valence-electron chi connectivity index (χ4n) is 12.7. The number of hydrogen-bond donors (Lipinski definition) is 1. The molecule has 0 unspecified atom stereocenters. The molecule has 0 aromatic heterocycles. The molecule has 0 atom stereocenters. The molecule has 0 bridgehead atoms. The minimum Gasteiger partial charge on any atom is -0.494 e. The van der Waals surface area contributed by atoms with Gasteiger partial charge in [-0.2, -0.15) is 0 Å². The normalized spacial score (nSPS) is 11.7. The van der Waals surface area contributed by atoms with Crippen molar-refractivity contribution in [2.45, 2.75) is 405 Å². The summed E-state index contributed by atoms with van der Waals surface area (Å²) < 4.78 is 24.1. The highest BCUT2D eigenvalue weighted by molar-refractivity contribution is 5.37. The van der Waals surface area contributed by atoms with Crippen molar-refractivity contribution in [3.63, 3.8) is 0 Å². The van der Waals surface area contributed by atoms with E-state index in [9.17, 15) is 0 Å². The molecule has 502 valence electrons. The summed E-state index contributed by atoms with van der Waals surface area (Å²) >= 11 is 0. The first-order valence-electron chi connectivity index (χ1n) is 39.1. The van der Waals surface area contributed by atoms with Crippen molar-refractivity contribution in [2.75, 3.05) is 39.6 Å². The van der Waals surface area contributed by atoms with Crippen LogP contribution >= 0.6 is 0 Å². The minimum absolute atomic E-state index is 0.165. The van der Waals surface area contributed by atoms with E-state index in [0.29, 0.717) is 0 Å². The highest BCUT2D eigenvalue weighted by Crippen LogP contribution is 2.26. The maximum atomic E-state index is 6.69. The summed E-state index contributed by atoms with van der Waals surface area (Å²) in [5, 5.41) is 0. The maximum absolute atomic E-state index is 6.69. The molecule has 0 fully saturated rings. The van der Waals surface area contributed by atoms with Gasteiger partial charge in [-0.3, -0.25) is 0 Å². The van der Waals surface area contributed by atoms with Gasteiger partial charge in [0.15, 0.2) is 0 Å². The summed E-state index contributed by atoms with van der Waals surface area (Å²) in [6, 6.07) is 16.6.